The van der Waals surface area contributed by atoms with E-state index in [1.54, 1.807) is 18.2 Å². The fraction of sp³-hybridized carbons (Fsp3) is 0.500. The van der Waals surface area contributed by atoms with Crippen LogP contribution >= 0.6 is 0 Å². The Morgan fingerprint density at radius 3 is 2.68 bits per heavy atom. The molecule has 1 unspecified atom stereocenters. The second-order valence-corrected chi connectivity index (χ2v) is 4.35. The van der Waals surface area contributed by atoms with Gasteiger partial charge in [-0.3, -0.25) is 9.69 Å². The van der Waals surface area contributed by atoms with E-state index in [-0.39, 0.29) is 18.4 Å². The Morgan fingerprint density at radius 2 is 2.21 bits per heavy atom. The lowest BCUT2D eigenvalue weighted by molar-refractivity contribution is 0.0817. The SMILES string of the molecule is CCN(CCO)C(C)C(=O)c1ccc(OC)c(N)c1. The summed E-state index contributed by atoms with van der Waals surface area (Å²) >= 11 is 0. The van der Waals surface area contributed by atoms with Crippen molar-refractivity contribution in [1.82, 2.24) is 4.90 Å². The maximum atomic E-state index is 12.4. The highest BCUT2D eigenvalue weighted by atomic mass is 16.5. The number of aliphatic hydroxyl groups is 1. The summed E-state index contributed by atoms with van der Waals surface area (Å²) in [7, 11) is 1.54. The van der Waals surface area contributed by atoms with Gasteiger partial charge in [-0.05, 0) is 31.7 Å². The number of anilines is 1. The quantitative estimate of drug-likeness (QED) is 0.572. The Labute approximate surface area is 114 Å². The average Bonchev–Trinajstić information content (AvgIpc) is 2.43. The van der Waals surface area contributed by atoms with Crippen molar-refractivity contribution in [1.29, 1.82) is 0 Å². The number of hydrogen-bond donors (Lipinski definition) is 2. The topological polar surface area (TPSA) is 75.8 Å². The largest absolute Gasteiger partial charge is 0.495 e. The molecule has 1 rings (SSSR count). The van der Waals surface area contributed by atoms with Crippen molar-refractivity contribution in [3.8, 4) is 5.75 Å². The maximum Gasteiger partial charge on any atom is 0.179 e. The average molecular weight is 266 g/mol. The lowest BCUT2D eigenvalue weighted by Gasteiger charge is -2.26. The fourth-order valence-electron chi connectivity index (χ4n) is 2.05. The standard InChI is InChI=1S/C14H22N2O3/c1-4-16(7-8-17)10(2)14(18)11-5-6-13(19-3)12(15)9-11/h5-6,9-10,17H,4,7-8,15H2,1-3H3. The van der Waals surface area contributed by atoms with Crippen LogP contribution in [-0.2, 0) is 0 Å². The molecule has 1 aromatic rings. The molecule has 0 heterocycles. The maximum absolute atomic E-state index is 12.4. The van der Waals surface area contributed by atoms with Crippen molar-refractivity contribution < 1.29 is 14.6 Å². The number of methoxy groups -OCH3 is 1. The van der Waals surface area contributed by atoms with Gasteiger partial charge in [0.1, 0.15) is 5.75 Å². The van der Waals surface area contributed by atoms with Crippen LogP contribution in [0.1, 0.15) is 24.2 Å². The van der Waals surface area contributed by atoms with Gasteiger partial charge in [-0.1, -0.05) is 6.92 Å². The molecule has 1 aromatic carbocycles. The third-order valence-electron chi connectivity index (χ3n) is 3.23. The summed E-state index contributed by atoms with van der Waals surface area (Å²) in [6, 6.07) is 4.74. The van der Waals surface area contributed by atoms with Crippen LogP contribution in [0.2, 0.25) is 0 Å². The number of carbonyl (C=O) groups excluding carboxylic acids is 1. The highest BCUT2D eigenvalue weighted by Gasteiger charge is 2.21. The summed E-state index contributed by atoms with van der Waals surface area (Å²) in [6.07, 6.45) is 0. The van der Waals surface area contributed by atoms with Gasteiger partial charge in [-0.15, -0.1) is 0 Å². The van der Waals surface area contributed by atoms with E-state index in [9.17, 15) is 4.79 Å². The second-order valence-electron chi connectivity index (χ2n) is 4.35. The molecule has 0 saturated heterocycles. The molecule has 19 heavy (non-hydrogen) atoms. The monoisotopic (exact) mass is 266 g/mol. The molecule has 0 bridgehead atoms. The van der Waals surface area contributed by atoms with E-state index >= 15 is 0 Å². The predicted molar refractivity (Wildman–Crippen MR) is 75.5 cm³/mol. The molecule has 5 heteroatoms. The number of ketones is 1. The zero-order valence-corrected chi connectivity index (χ0v) is 11.7. The molecule has 5 nitrogen and oxygen atoms in total. The minimum atomic E-state index is -0.287. The minimum Gasteiger partial charge on any atom is -0.495 e. The summed E-state index contributed by atoms with van der Waals surface area (Å²) in [6.45, 7) is 5.02. The lowest BCUT2D eigenvalue weighted by Crippen LogP contribution is -2.40. The molecule has 0 radical (unpaired) electrons. The predicted octanol–water partition coefficient (Wildman–Crippen LogP) is 1.16. The number of aliphatic hydroxyl groups excluding tert-OH is 1. The Balaban J connectivity index is 2.90. The molecule has 0 aliphatic carbocycles. The molecule has 0 amide bonds. The molecule has 3 N–H and O–H groups in total. The van der Waals surface area contributed by atoms with Crippen LogP contribution in [0.3, 0.4) is 0 Å². The Morgan fingerprint density at radius 1 is 1.53 bits per heavy atom. The number of carbonyl (C=O) groups is 1. The van der Waals surface area contributed by atoms with Crippen LogP contribution in [0.5, 0.6) is 5.75 Å². The van der Waals surface area contributed by atoms with E-state index in [0.717, 1.165) is 0 Å². The van der Waals surface area contributed by atoms with Gasteiger partial charge in [-0.25, -0.2) is 0 Å². The molecule has 106 valence electrons. The number of nitrogens with two attached hydrogens (primary N) is 1. The number of ether oxygens (including phenoxy) is 1. The van der Waals surface area contributed by atoms with E-state index in [4.69, 9.17) is 15.6 Å². The molecule has 0 aliphatic heterocycles. The first-order valence-corrected chi connectivity index (χ1v) is 6.37. The van der Waals surface area contributed by atoms with Gasteiger partial charge in [0.05, 0.1) is 25.4 Å². The highest BCUT2D eigenvalue weighted by molar-refractivity contribution is 6.00. The number of benzene rings is 1. The lowest BCUT2D eigenvalue weighted by atomic mass is 10.0. The summed E-state index contributed by atoms with van der Waals surface area (Å²) in [5, 5.41) is 8.99. The Hall–Kier alpha value is -1.59. The zero-order chi connectivity index (χ0) is 14.4. The number of Topliss-reactive ketones (excluding diaryl/α,β-unsaturated/α-hetero) is 1. The summed E-state index contributed by atoms with van der Waals surface area (Å²) < 4.78 is 5.07. The molecule has 0 aliphatic rings. The highest BCUT2D eigenvalue weighted by Crippen LogP contribution is 2.23. The van der Waals surface area contributed by atoms with Crippen LogP contribution < -0.4 is 10.5 Å². The van der Waals surface area contributed by atoms with E-state index in [1.807, 2.05) is 18.7 Å². The normalized spacial score (nSPS) is 12.5. The molecule has 0 saturated carbocycles. The number of hydrogen-bond acceptors (Lipinski definition) is 5. The van der Waals surface area contributed by atoms with Gasteiger partial charge in [0.2, 0.25) is 0 Å². The molecule has 0 spiro atoms. The minimum absolute atomic E-state index is 0.00958. The van der Waals surface area contributed by atoms with Crippen molar-refractivity contribution in [2.75, 3.05) is 32.5 Å². The summed E-state index contributed by atoms with van der Waals surface area (Å²) in [5.74, 6) is 0.552. The van der Waals surface area contributed by atoms with E-state index in [0.29, 0.717) is 30.1 Å². The molecular formula is C14H22N2O3. The first-order valence-electron chi connectivity index (χ1n) is 6.37. The van der Waals surface area contributed by atoms with E-state index in [2.05, 4.69) is 0 Å². The number of nitrogens with zero attached hydrogens (tertiary/aromatic N) is 1. The van der Waals surface area contributed by atoms with Crippen molar-refractivity contribution in [3.63, 3.8) is 0 Å². The fourth-order valence-corrected chi connectivity index (χ4v) is 2.05. The third-order valence-corrected chi connectivity index (χ3v) is 3.23. The van der Waals surface area contributed by atoms with Gasteiger partial charge in [0.25, 0.3) is 0 Å². The Bertz CT molecular complexity index is 435. The van der Waals surface area contributed by atoms with Crippen LogP contribution in [0.4, 0.5) is 5.69 Å². The van der Waals surface area contributed by atoms with E-state index in [1.165, 1.54) is 7.11 Å². The molecule has 0 aromatic heterocycles. The smallest absolute Gasteiger partial charge is 0.179 e. The van der Waals surface area contributed by atoms with Gasteiger partial charge in [0.15, 0.2) is 5.78 Å². The van der Waals surface area contributed by atoms with Gasteiger partial charge < -0.3 is 15.6 Å². The number of nitrogen functional groups attached to an aromatic ring is 1. The van der Waals surface area contributed by atoms with Gasteiger partial charge in [0, 0.05) is 12.1 Å². The summed E-state index contributed by atoms with van der Waals surface area (Å²) in [4.78, 5) is 14.3. The number of rotatable bonds is 7. The van der Waals surface area contributed by atoms with Crippen molar-refractivity contribution in [2.45, 2.75) is 19.9 Å². The van der Waals surface area contributed by atoms with Crippen LogP contribution in [0, 0.1) is 0 Å². The van der Waals surface area contributed by atoms with Crippen LogP contribution in [0.25, 0.3) is 0 Å². The van der Waals surface area contributed by atoms with Crippen LogP contribution in [-0.4, -0.2) is 48.6 Å². The van der Waals surface area contributed by atoms with Gasteiger partial charge in [-0.2, -0.15) is 0 Å². The van der Waals surface area contributed by atoms with Crippen molar-refractivity contribution in [2.24, 2.45) is 0 Å². The Kier molecular flexibility index (Phi) is 5.79. The molecule has 1 atom stereocenters. The summed E-state index contributed by atoms with van der Waals surface area (Å²) in [5.41, 5.74) is 6.81. The second kappa shape index (κ2) is 7.11. The van der Waals surface area contributed by atoms with E-state index < -0.39 is 0 Å². The van der Waals surface area contributed by atoms with Crippen molar-refractivity contribution in [3.05, 3.63) is 23.8 Å². The first-order chi connectivity index (χ1) is 9.04. The zero-order valence-electron chi connectivity index (χ0n) is 11.7. The number of likely N-dealkylation sites (N-methyl/N-ethyl adjacent to an activating group) is 1. The first kappa shape index (κ1) is 15.5. The van der Waals surface area contributed by atoms with Crippen LogP contribution in [0.15, 0.2) is 18.2 Å². The third kappa shape index (κ3) is 3.68. The van der Waals surface area contributed by atoms with Gasteiger partial charge >= 0.3 is 0 Å². The van der Waals surface area contributed by atoms with Crippen molar-refractivity contribution >= 4 is 11.5 Å². The molecule has 0 fully saturated rings. The molecular weight excluding hydrogens is 244 g/mol.